The van der Waals surface area contributed by atoms with E-state index in [1.165, 1.54) is 7.11 Å². The van der Waals surface area contributed by atoms with Gasteiger partial charge in [0.25, 0.3) is 0 Å². The summed E-state index contributed by atoms with van der Waals surface area (Å²) in [6.45, 7) is 4.78. The highest BCUT2D eigenvalue weighted by Gasteiger charge is 2.17. The Morgan fingerprint density at radius 3 is 2.81 bits per heavy atom. The van der Waals surface area contributed by atoms with E-state index >= 15 is 0 Å². The zero-order valence-electron chi connectivity index (χ0n) is 14.9. The minimum atomic E-state index is -0.331. The van der Waals surface area contributed by atoms with Crippen molar-refractivity contribution in [2.24, 2.45) is 0 Å². The second kappa shape index (κ2) is 8.43. The number of nitrogens with zero attached hydrogens (tertiary/aromatic N) is 4. The first-order valence-corrected chi connectivity index (χ1v) is 8.37. The van der Waals surface area contributed by atoms with Crippen LogP contribution in [0.1, 0.15) is 11.4 Å². The molecule has 1 aromatic carbocycles. The van der Waals surface area contributed by atoms with Crippen molar-refractivity contribution >= 4 is 17.7 Å². The largest absolute Gasteiger partial charge is 0.467 e. The molecule has 2 amide bonds. The molecule has 9 heteroatoms. The zero-order chi connectivity index (χ0) is 18.4. The van der Waals surface area contributed by atoms with Gasteiger partial charge in [-0.25, -0.2) is 4.79 Å². The smallest absolute Gasteiger partial charge is 0.321 e. The number of hydrogen-bond donors (Lipinski definition) is 2. The molecule has 1 aliphatic rings. The number of nitrogens with one attached hydrogen (secondary N) is 2. The Balaban J connectivity index is 1.63. The van der Waals surface area contributed by atoms with Crippen LogP contribution in [-0.4, -0.2) is 54.4 Å². The van der Waals surface area contributed by atoms with E-state index < -0.39 is 0 Å². The summed E-state index contributed by atoms with van der Waals surface area (Å²) in [7, 11) is 1.50. The molecule has 26 heavy (non-hydrogen) atoms. The second-order valence-electron chi connectivity index (χ2n) is 5.81. The summed E-state index contributed by atoms with van der Waals surface area (Å²) in [5, 5.41) is 5.53. The van der Waals surface area contributed by atoms with E-state index in [2.05, 4.69) is 25.6 Å². The number of ether oxygens (including phenoxy) is 2. The van der Waals surface area contributed by atoms with Gasteiger partial charge in [-0.15, -0.1) is 0 Å². The summed E-state index contributed by atoms with van der Waals surface area (Å²) in [5.74, 6) is 0.953. The Morgan fingerprint density at radius 2 is 2.08 bits per heavy atom. The van der Waals surface area contributed by atoms with Gasteiger partial charge in [0, 0.05) is 18.8 Å². The third-order valence-electron chi connectivity index (χ3n) is 3.81. The van der Waals surface area contributed by atoms with Crippen molar-refractivity contribution in [1.29, 1.82) is 0 Å². The number of aromatic nitrogens is 3. The normalized spacial score (nSPS) is 14.0. The van der Waals surface area contributed by atoms with Crippen LogP contribution in [0.15, 0.2) is 24.3 Å². The maximum atomic E-state index is 12.1. The van der Waals surface area contributed by atoms with Crippen LogP contribution in [0.2, 0.25) is 0 Å². The van der Waals surface area contributed by atoms with E-state index in [1.807, 2.05) is 36.1 Å². The number of amides is 2. The van der Waals surface area contributed by atoms with Crippen LogP contribution < -0.4 is 20.3 Å². The number of rotatable bonds is 5. The van der Waals surface area contributed by atoms with Gasteiger partial charge in [-0.1, -0.05) is 12.1 Å². The van der Waals surface area contributed by atoms with Gasteiger partial charge < -0.3 is 25.0 Å². The minimum absolute atomic E-state index is 0.161. The van der Waals surface area contributed by atoms with E-state index in [9.17, 15) is 4.79 Å². The van der Waals surface area contributed by atoms with Gasteiger partial charge in [-0.3, -0.25) is 0 Å². The third-order valence-corrected chi connectivity index (χ3v) is 3.81. The van der Waals surface area contributed by atoms with Crippen molar-refractivity contribution < 1.29 is 14.3 Å². The molecule has 0 spiro atoms. The van der Waals surface area contributed by atoms with E-state index in [4.69, 9.17) is 9.47 Å². The van der Waals surface area contributed by atoms with Crippen molar-refractivity contribution in [1.82, 2.24) is 20.3 Å². The van der Waals surface area contributed by atoms with Gasteiger partial charge in [0.15, 0.2) is 5.82 Å². The molecule has 2 heterocycles. The quantitative estimate of drug-likeness (QED) is 0.832. The average molecular weight is 358 g/mol. The number of urea groups is 1. The molecule has 1 saturated heterocycles. The number of benzene rings is 1. The lowest BCUT2D eigenvalue weighted by Gasteiger charge is -2.26. The van der Waals surface area contributed by atoms with E-state index in [0.29, 0.717) is 38.1 Å². The molecule has 0 unspecified atom stereocenters. The number of aryl methyl sites for hydroxylation is 1. The average Bonchev–Trinajstić information content (AvgIpc) is 2.67. The van der Waals surface area contributed by atoms with Gasteiger partial charge in [-0.2, -0.15) is 15.0 Å². The molecule has 0 atom stereocenters. The van der Waals surface area contributed by atoms with Crippen LogP contribution in [-0.2, 0) is 11.3 Å². The summed E-state index contributed by atoms with van der Waals surface area (Å²) in [6.07, 6.45) is 0. The first-order chi connectivity index (χ1) is 12.6. The van der Waals surface area contributed by atoms with Gasteiger partial charge in [-0.05, 0) is 24.6 Å². The lowest BCUT2D eigenvalue weighted by Crippen LogP contribution is -2.38. The number of carbonyl (C=O) groups excluding carboxylic acids is 1. The van der Waals surface area contributed by atoms with Gasteiger partial charge in [0.2, 0.25) is 5.95 Å². The topological polar surface area (TPSA) is 102 Å². The lowest BCUT2D eigenvalue weighted by atomic mass is 10.2. The van der Waals surface area contributed by atoms with Crippen LogP contribution in [0.4, 0.5) is 16.4 Å². The van der Waals surface area contributed by atoms with Gasteiger partial charge in [0.05, 0.1) is 26.9 Å². The van der Waals surface area contributed by atoms with Crippen molar-refractivity contribution in [2.75, 3.05) is 43.6 Å². The fourth-order valence-corrected chi connectivity index (χ4v) is 2.52. The van der Waals surface area contributed by atoms with Crippen molar-refractivity contribution in [3.63, 3.8) is 0 Å². The number of morpholine rings is 1. The molecular weight excluding hydrogens is 336 g/mol. The van der Waals surface area contributed by atoms with E-state index in [0.717, 1.165) is 11.3 Å². The van der Waals surface area contributed by atoms with E-state index in [1.54, 1.807) is 0 Å². The third kappa shape index (κ3) is 4.79. The van der Waals surface area contributed by atoms with Crippen LogP contribution in [0.25, 0.3) is 0 Å². The van der Waals surface area contributed by atoms with Crippen molar-refractivity contribution in [2.45, 2.75) is 13.5 Å². The van der Waals surface area contributed by atoms with Crippen LogP contribution in [0.5, 0.6) is 6.01 Å². The zero-order valence-corrected chi connectivity index (χ0v) is 14.9. The highest BCUT2D eigenvalue weighted by atomic mass is 16.5. The van der Waals surface area contributed by atoms with Crippen molar-refractivity contribution in [3.05, 3.63) is 35.7 Å². The summed E-state index contributed by atoms with van der Waals surface area (Å²) < 4.78 is 10.5. The standard InChI is InChI=1S/C17H22N6O3/c1-12-4-3-5-13(10-12)19-16(24)18-11-14-20-15(22-17(21-14)25-2)23-6-8-26-9-7-23/h3-5,10H,6-9,11H2,1-2H3,(H2,18,19,24). The Morgan fingerprint density at radius 1 is 1.27 bits per heavy atom. The summed E-state index contributed by atoms with van der Waals surface area (Å²) in [5.41, 5.74) is 1.80. The maximum Gasteiger partial charge on any atom is 0.321 e. The molecule has 9 nitrogen and oxygen atoms in total. The van der Waals surface area contributed by atoms with Crippen LogP contribution >= 0.6 is 0 Å². The summed E-state index contributed by atoms with van der Waals surface area (Å²) >= 11 is 0. The molecule has 2 aromatic rings. The first-order valence-electron chi connectivity index (χ1n) is 8.37. The highest BCUT2D eigenvalue weighted by Crippen LogP contribution is 2.14. The van der Waals surface area contributed by atoms with Crippen LogP contribution in [0.3, 0.4) is 0 Å². The van der Waals surface area contributed by atoms with Crippen molar-refractivity contribution in [3.8, 4) is 6.01 Å². The fraction of sp³-hybridized carbons (Fsp3) is 0.412. The number of methoxy groups -OCH3 is 1. The predicted octanol–water partition coefficient (Wildman–Crippen LogP) is 1.35. The molecule has 1 aromatic heterocycles. The molecule has 0 aliphatic carbocycles. The fourth-order valence-electron chi connectivity index (χ4n) is 2.52. The van der Waals surface area contributed by atoms with Crippen LogP contribution in [0, 0.1) is 6.92 Å². The Hall–Kier alpha value is -2.94. The number of hydrogen-bond acceptors (Lipinski definition) is 7. The highest BCUT2D eigenvalue weighted by molar-refractivity contribution is 5.89. The molecule has 1 fully saturated rings. The maximum absolute atomic E-state index is 12.1. The Kier molecular flexibility index (Phi) is 5.80. The lowest BCUT2D eigenvalue weighted by molar-refractivity contribution is 0.122. The van der Waals surface area contributed by atoms with Gasteiger partial charge in [0.1, 0.15) is 0 Å². The molecule has 138 valence electrons. The second-order valence-corrected chi connectivity index (χ2v) is 5.81. The molecule has 0 bridgehead atoms. The molecule has 1 aliphatic heterocycles. The first kappa shape index (κ1) is 17.9. The van der Waals surface area contributed by atoms with E-state index in [-0.39, 0.29) is 18.6 Å². The van der Waals surface area contributed by atoms with Gasteiger partial charge >= 0.3 is 12.0 Å². The Bertz CT molecular complexity index is 764. The number of anilines is 2. The predicted molar refractivity (Wildman–Crippen MR) is 96.4 cm³/mol. The summed E-state index contributed by atoms with van der Waals surface area (Å²) in [6, 6.07) is 7.46. The number of carbonyl (C=O) groups is 1. The Labute approximate surface area is 151 Å². The monoisotopic (exact) mass is 358 g/mol. The molecule has 2 N–H and O–H groups in total. The molecule has 0 saturated carbocycles. The SMILES string of the molecule is COc1nc(CNC(=O)Nc2cccc(C)c2)nc(N2CCOCC2)n1. The summed E-state index contributed by atoms with van der Waals surface area (Å²) in [4.78, 5) is 27.0. The molecule has 3 rings (SSSR count). The minimum Gasteiger partial charge on any atom is -0.467 e. The molecule has 0 radical (unpaired) electrons. The molecular formula is C17H22N6O3.